The molecule has 12 heteroatoms. The predicted octanol–water partition coefficient (Wildman–Crippen LogP) is 2.98. The summed E-state index contributed by atoms with van der Waals surface area (Å²) in [5.41, 5.74) is 0.872. The van der Waals surface area contributed by atoms with Gasteiger partial charge in [-0.3, -0.25) is 8.99 Å². The molecule has 2 atom stereocenters. The molecule has 8 nitrogen and oxygen atoms in total. The average Bonchev–Trinajstić information content (AvgIpc) is 3.42. The number of sulfonamides is 1. The van der Waals surface area contributed by atoms with Crippen LogP contribution in [0.15, 0.2) is 18.3 Å². The minimum atomic E-state index is -3.42. The number of carbonyl (C=O) groups excluding carboxylic acids is 1. The summed E-state index contributed by atoms with van der Waals surface area (Å²) in [5.74, 6) is -4.33. The van der Waals surface area contributed by atoms with Gasteiger partial charge in [-0.15, -0.1) is 0 Å². The van der Waals surface area contributed by atoms with Crippen molar-refractivity contribution in [3.05, 3.63) is 41.5 Å². The Kier molecular flexibility index (Phi) is 4.65. The van der Waals surface area contributed by atoms with E-state index < -0.39 is 33.5 Å². The van der Waals surface area contributed by atoms with Crippen molar-refractivity contribution >= 4 is 27.4 Å². The van der Waals surface area contributed by atoms with Crippen molar-refractivity contribution in [2.24, 2.45) is 0 Å². The van der Waals surface area contributed by atoms with E-state index in [4.69, 9.17) is 0 Å². The largest absolute Gasteiger partial charge is 0.322 e. The van der Waals surface area contributed by atoms with Gasteiger partial charge in [0.05, 0.1) is 42.0 Å². The number of hydrogen-bond donors (Lipinski definition) is 1. The topological polar surface area (TPSA) is 87.5 Å². The molecule has 2 amide bonds. The second kappa shape index (κ2) is 7.14. The second-order valence-electron chi connectivity index (χ2n) is 8.04. The van der Waals surface area contributed by atoms with Crippen LogP contribution in [0.3, 0.4) is 0 Å². The smallest absolute Gasteiger partial charge is 0.313 e. The lowest BCUT2D eigenvalue weighted by Crippen LogP contribution is -2.49. The number of urea groups is 1. The van der Waals surface area contributed by atoms with Gasteiger partial charge in [0.2, 0.25) is 10.0 Å². The molecule has 1 saturated carbocycles. The van der Waals surface area contributed by atoms with E-state index in [1.165, 1.54) is 10.5 Å². The summed E-state index contributed by atoms with van der Waals surface area (Å²) in [7, 11) is -3.42. The first-order valence-electron chi connectivity index (χ1n) is 10.1. The number of halogens is 3. The Morgan fingerprint density at radius 1 is 1.10 bits per heavy atom. The van der Waals surface area contributed by atoms with Crippen LogP contribution in [0.2, 0.25) is 0 Å². The van der Waals surface area contributed by atoms with Crippen LogP contribution in [-0.2, 0) is 16.6 Å². The van der Waals surface area contributed by atoms with Crippen LogP contribution in [-0.4, -0.2) is 47.5 Å². The number of nitrogens with one attached hydrogen (secondary N) is 1. The van der Waals surface area contributed by atoms with Gasteiger partial charge in [0.15, 0.2) is 17.5 Å². The van der Waals surface area contributed by atoms with E-state index in [9.17, 15) is 26.4 Å². The molecule has 0 spiro atoms. The summed E-state index contributed by atoms with van der Waals surface area (Å²) in [6, 6.07) is 0.545. The summed E-state index contributed by atoms with van der Waals surface area (Å²) in [6.07, 6.45) is 4.40. The number of nitrogens with zero attached hydrogens (tertiary/aromatic N) is 4. The maximum absolute atomic E-state index is 13.5. The van der Waals surface area contributed by atoms with E-state index in [0.29, 0.717) is 24.3 Å². The van der Waals surface area contributed by atoms with Crippen LogP contribution in [0.4, 0.5) is 29.3 Å². The molecule has 1 aromatic carbocycles. The molecular formula is C19H20F3N5O3S. The summed E-state index contributed by atoms with van der Waals surface area (Å²) in [6.45, 7) is 0.454. The zero-order valence-corrected chi connectivity index (χ0v) is 17.2. The molecule has 0 bridgehead atoms. The molecule has 3 aliphatic rings. The summed E-state index contributed by atoms with van der Waals surface area (Å²) < 4.78 is 68.3. The van der Waals surface area contributed by atoms with Gasteiger partial charge in [-0.1, -0.05) is 0 Å². The molecule has 1 saturated heterocycles. The van der Waals surface area contributed by atoms with Crippen LogP contribution >= 0.6 is 0 Å². The van der Waals surface area contributed by atoms with Gasteiger partial charge >= 0.3 is 6.03 Å². The number of anilines is 2. The summed E-state index contributed by atoms with van der Waals surface area (Å²) in [4.78, 5) is 14.6. The third kappa shape index (κ3) is 3.24. The predicted molar refractivity (Wildman–Crippen MR) is 106 cm³/mol. The molecule has 1 aliphatic carbocycles. The molecule has 1 N–H and O–H groups in total. The van der Waals surface area contributed by atoms with Gasteiger partial charge < -0.3 is 10.2 Å². The minimum absolute atomic E-state index is 0.0650. The minimum Gasteiger partial charge on any atom is -0.313 e. The van der Waals surface area contributed by atoms with Crippen LogP contribution in [0.5, 0.6) is 0 Å². The molecule has 5 rings (SSSR count). The normalized spacial score (nSPS) is 24.2. The van der Waals surface area contributed by atoms with Crippen molar-refractivity contribution in [1.82, 2.24) is 14.7 Å². The van der Waals surface area contributed by atoms with Crippen LogP contribution < -0.4 is 9.62 Å². The van der Waals surface area contributed by atoms with E-state index in [-0.39, 0.29) is 30.1 Å². The van der Waals surface area contributed by atoms with Crippen molar-refractivity contribution in [2.45, 2.75) is 44.3 Å². The van der Waals surface area contributed by atoms with Gasteiger partial charge in [-0.2, -0.15) is 5.10 Å². The first kappa shape index (κ1) is 20.2. The van der Waals surface area contributed by atoms with Gasteiger partial charge in [-0.05, 0) is 25.7 Å². The lowest BCUT2D eigenvalue weighted by Gasteiger charge is -2.39. The van der Waals surface area contributed by atoms with Crippen molar-refractivity contribution < 1.29 is 26.4 Å². The highest BCUT2D eigenvalue weighted by atomic mass is 32.2. The van der Waals surface area contributed by atoms with E-state index >= 15 is 0 Å². The number of benzene rings is 1. The quantitative estimate of drug-likeness (QED) is 0.706. The number of carbonyl (C=O) groups is 1. The lowest BCUT2D eigenvalue weighted by atomic mass is 10.1. The van der Waals surface area contributed by atoms with Crippen LogP contribution in [0, 0.1) is 17.5 Å². The monoisotopic (exact) mass is 455 g/mol. The Balaban J connectivity index is 1.47. The summed E-state index contributed by atoms with van der Waals surface area (Å²) >= 11 is 0. The zero-order valence-electron chi connectivity index (χ0n) is 16.4. The first-order valence-corrected chi connectivity index (χ1v) is 11.7. The SMILES string of the molecule is O=C(Nc1cc(F)c(F)c(F)c1)N1Cc2c(N3CCCS3(=O)=O)cnn2[C@H]2CCC[C@H]21. The fourth-order valence-electron chi connectivity index (χ4n) is 4.83. The molecule has 166 valence electrons. The van der Waals surface area contributed by atoms with E-state index in [0.717, 1.165) is 31.4 Å². The Bertz CT molecular complexity index is 1150. The molecule has 0 radical (unpaired) electrons. The molecule has 0 unspecified atom stereocenters. The highest BCUT2D eigenvalue weighted by Crippen LogP contribution is 2.42. The maximum Gasteiger partial charge on any atom is 0.322 e. The third-order valence-electron chi connectivity index (χ3n) is 6.22. The fourth-order valence-corrected chi connectivity index (χ4v) is 6.40. The average molecular weight is 455 g/mol. The Labute approximate surface area is 176 Å². The number of fused-ring (bicyclic) bond motifs is 3. The van der Waals surface area contributed by atoms with Crippen LogP contribution in [0.25, 0.3) is 0 Å². The standard InChI is InChI=1S/C19H20F3N5O3S/c20-12-7-11(8-13(21)18(12)22)24-19(28)25-10-17-16(26-5-2-6-31(26,29)30)9-23-27(17)15-4-1-3-14(15)25/h7-9,14-15H,1-6,10H2,(H,24,28)/t14-,15+/m1/s1. The highest BCUT2D eigenvalue weighted by Gasteiger charge is 2.44. The highest BCUT2D eigenvalue weighted by molar-refractivity contribution is 7.93. The first-order chi connectivity index (χ1) is 14.8. The van der Waals surface area contributed by atoms with Crippen molar-refractivity contribution in [2.75, 3.05) is 21.9 Å². The molecule has 1 aromatic heterocycles. The molecular weight excluding hydrogens is 435 g/mol. The summed E-state index contributed by atoms with van der Waals surface area (Å²) in [5, 5.41) is 6.87. The molecule has 2 aromatic rings. The Morgan fingerprint density at radius 3 is 2.48 bits per heavy atom. The Morgan fingerprint density at radius 2 is 1.81 bits per heavy atom. The number of rotatable bonds is 2. The van der Waals surface area contributed by atoms with Gasteiger partial charge in [-0.25, -0.2) is 26.4 Å². The van der Waals surface area contributed by atoms with Crippen LogP contribution in [0.1, 0.15) is 37.4 Å². The molecule has 2 fully saturated rings. The lowest BCUT2D eigenvalue weighted by molar-refractivity contribution is 0.139. The number of aromatic nitrogens is 2. The molecule has 3 heterocycles. The van der Waals surface area contributed by atoms with Crippen molar-refractivity contribution in [3.8, 4) is 0 Å². The molecule has 2 aliphatic heterocycles. The van der Waals surface area contributed by atoms with Gasteiger partial charge in [0.25, 0.3) is 0 Å². The molecule has 31 heavy (non-hydrogen) atoms. The van der Waals surface area contributed by atoms with Gasteiger partial charge in [0.1, 0.15) is 0 Å². The van der Waals surface area contributed by atoms with E-state index in [2.05, 4.69) is 10.4 Å². The maximum atomic E-state index is 13.5. The van der Waals surface area contributed by atoms with Gasteiger partial charge in [0, 0.05) is 24.4 Å². The van der Waals surface area contributed by atoms with Crippen molar-refractivity contribution in [3.63, 3.8) is 0 Å². The van der Waals surface area contributed by atoms with E-state index in [1.54, 1.807) is 4.90 Å². The fraction of sp³-hybridized carbons (Fsp3) is 0.474. The number of amides is 2. The van der Waals surface area contributed by atoms with E-state index in [1.807, 2.05) is 4.68 Å². The van der Waals surface area contributed by atoms with Crippen molar-refractivity contribution in [1.29, 1.82) is 0 Å². The third-order valence-corrected chi connectivity index (χ3v) is 8.07. The number of hydrogen-bond acceptors (Lipinski definition) is 4. The second-order valence-corrected chi connectivity index (χ2v) is 10.1. The zero-order chi connectivity index (χ0) is 21.9. The Hall–Kier alpha value is -2.76.